The Kier molecular flexibility index (Phi) is 4.55. The standard InChI is InChI=1S/C18H21N3O3/c1-20(2)17-9-8-13(10-19-17)18(22)21(3)11-14-12-23-15-6-4-5-7-16(15)24-14/h4-10,14H,11-12H2,1-3H3. The lowest BCUT2D eigenvalue weighted by Gasteiger charge is -2.29. The number of anilines is 1. The van der Waals surface area contributed by atoms with Crippen LogP contribution in [0.1, 0.15) is 10.4 Å². The van der Waals surface area contributed by atoms with Crippen LogP contribution >= 0.6 is 0 Å². The van der Waals surface area contributed by atoms with Crippen molar-refractivity contribution in [1.29, 1.82) is 0 Å². The van der Waals surface area contributed by atoms with Crippen molar-refractivity contribution >= 4 is 11.7 Å². The van der Waals surface area contributed by atoms with Crippen molar-refractivity contribution in [3.8, 4) is 11.5 Å². The lowest BCUT2D eigenvalue weighted by atomic mass is 10.2. The van der Waals surface area contributed by atoms with Gasteiger partial charge in [-0.1, -0.05) is 12.1 Å². The molecule has 1 aromatic heterocycles. The molecule has 1 aliphatic heterocycles. The molecule has 1 unspecified atom stereocenters. The van der Waals surface area contributed by atoms with Crippen LogP contribution in [0.5, 0.6) is 11.5 Å². The van der Waals surface area contributed by atoms with Crippen molar-refractivity contribution in [3.05, 3.63) is 48.2 Å². The van der Waals surface area contributed by atoms with Gasteiger partial charge in [0.25, 0.3) is 5.91 Å². The van der Waals surface area contributed by atoms with Gasteiger partial charge in [0.15, 0.2) is 17.6 Å². The number of hydrogen-bond acceptors (Lipinski definition) is 5. The Morgan fingerprint density at radius 2 is 1.92 bits per heavy atom. The minimum absolute atomic E-state index is 0.0877. The molecule has 0 spiro atoms. The average molecular weight is 327 g/mol. The number of amides is 1. The first-order chi connectivity index (χ1) is 11.5. The van der Waals surface area contributed by atoms with Crippen LogP contribution in [0.2, 0.25) is 0 Å². The molecule has 0 saturated carbocycles. The van der Waals surface area contributed by atoms with E-state index in [1.807, 2.05) is 49.3 Å². The van der Waals surface area contributed by atoms with Crippen molar-refractivity contribution in [2.45, 2.75) is 6.10 Å². The van der Waals surface area contributed by atoms with Gasteiger partial charge in [-0.15, -0.1) is 0 Å². The molecule has 1 aromatic carbocycles. The Bertz CT molecular complexity index is 716. The highest BCUT2D eigenvalue weighted by Crippen LogP contribution is 2.31. The Morgan fingerprint density at radius 1 is 1.17 bits per heavy atom. The predicted molar refractivity (Wildman–Crippen MR) is 91.9 cm³/mol. The van der Waals surface area contributed by atoms with Gasteiger partial charge in [0, 0.05) is 27.3 Å². The molecule has 24 heavy (non-hydrogen) atoms. The van der Waals surface area contributed by atoms with Gasteiger partial charge in [-0.3, -0.25) is 4.79 Å². The van der Waals surface area contributed by atoms with E-state index >= 15 is 0 Å². The van der Waals surface area contributed by atoms with E-state index in [-0.39, 0.29) is 12.0 Å². The van der Waals surface area contributed by atoms with Crippen molar-refractivity contribution in [1.82, 2.24) is 9.88 Å². The van der Waals surface area contributed by atoms with Crippen LogP contribution in [-0.4, -0.2) is 56.2 Å². The summed E-state index contributed by atoms with van der Waals surface area (Å²) in [5, 5.41) is 0. The van der Waals surface area contributed by atoms with Crippen LogP contribution in [-0.2, 0) is 0 Å². The zero-order valence-corrected chi connectivity index (χ0v) is 14.1. The average Bonchev–Trinajstić information content (AvgIpc) is 2.61. The number of para-hydroxylation sites is 2. The van der Waals surface area contributed by atoms with E-state index in [0.717, 1.165) is 11.6 Å². The third-order valence-electron chi connectivity index (χ3n) is 3.84. The minimum atomic E-state index is -0.192. The number of nitrogens with zero attached hydrogens (tertiary/aromatic N) is 3. The second kappa shape index (κ2) is 6.78. The predicted octanol–water partition coefficient (Wildman–Crippen LogP) is 2.06. The first-order valence-corrected chi connectivity index (χ1v) is 7.82. The molecule has 6 heteroatoms. The maximum atomic E-state index is 12.5. The number of benzene rings is 1. The van der Waals surface area contributed by atoms with Gasteiger partial charge in [-0.25, -0.2) is 4.98 Å². The molecule has 6 nitrogen and oxygen atoms in total. The summed E-state index contributed by atoms with van der Waals surface area (Å²) in [4.78, 5) is 20.3. The van der Waals surface area contributed by atoms with E-state index in [1.54, 1.807) is 24.2 Å². The molecule has 1 atom stereocenters. The number of pyridine rings is 1. The van der Waals surface area contributed by atoms with Gasteiger partial charge in [-0.05, 0) is 24.3 Å². The monoisotopic (exact) mass is 327 g/mol. The lowest BCUT2D eigenvalue weighted by molar-refractivity contribution is 0.0520. The summed E-state index contributed by atoms with van der Waals surface area (Å²) in [6.45, 7) is 0.870. The molecule has 0 fully saturated rings. The Labute approximate surface area is 141 Å². The van der Waals surface area contributed by atoms with E-state index < -0.39 is 0 Å². The van der Waals surface area contributed by atoms with Crippen molar-refractivity contribution < 1.29 is 14.3 Å². The molecule has 0 bridgehead atoms. The number of aromatic nitrogens is 1. The second-order valence-electron chi connectivity index (χ2n) is 5.98. The second-order valence-corrected chi connectivity index (χ2v) is 5.98. The molecule has 3 rings (SSSR count). The molecule has 1 amide bonds. The molecule has 126 valence electrons. The highest BCUT2D eigenvalue weighted by Gasteiger charge is 2.24. The van der Waals surface area contributed by atoms with Crippen molar-refractivity contribution in [2.24, 2.45) is 0 Å². The SMILES string of the molecule is CN(CC1COc2ccccc2O1)C(=O)c1ccc(N(C)C)nc1. The maximum absolute atomic E-state index is 12.5. The van der Waals surface area contributed by atoms with Crippen LogP contribution in [0.3, 0.4) is 0 Å². The van der Waals surface area contributed by atoms with Gasteiger partial charge in [0.2, 0.25) is 0 Å². The summed E-state index contributed by atoms with van der Waals surface area (Å²) in [6.07, 6.45) is 1.41. The molecular formula is C18H21N3O3. The summed E-state index contributed by atoms with van der Waals surface area (Å²) in [6, 6.07) is 11.2. The fourth-order valence-corrected chi connectivity index (χ4v) is 2.54. The number of hydrogen-bond donors (Lipinski definition) is 0. The number of carbonyl (C=O) groups is 1. The third-order valence-corrected chi connectivity index (χ3v) is 3.84. The Balaban J connectivity index is 1.62. The molecule has 0 N–H and O–H groups in total. The molecule has 0 radical (unpaired) electrons. The van der Waals surface area contributed by atoms with Gasteiger partial charge in [0.05, 0.1) is 12.1 Å². The van der Waals surface area contributed by atoms with E-state index in [0.29, 0.717) is 24.5 Å². The van der Waals surface area contributed by atoms with E-state index in [9.17, 15) is 4.79 Å². The fourth-order valence-electron chi connectivity index (χ4n) is 2.54. The van der Waals surface area contributed by atoms with Crippen LogP contribution in [0.4, 0.5) is 5.82 Å². The van der Waals surface area contributed by atoms with Gasteiger partial charge >= 0.3 is 0 Å². The van der Waals surface area contributed by atoms with Crippen LogP contribution in [0.15, 0.2) is 42.6 Å². The first kappa shape index (κ1) is 16.1. The topological polar surface area (TPSA) is 54.9 Å². The van der Waals surface area contributed by atoms with Gasteiger partial charge in [-0.2, -0.15) is 0 Å². The number of rotatable bonds is 4. The van der Waals surface area contributed by atoms with Crippen molar-refractivity contribution in [3.63, 3.8) is 0 Å². The molecule has 0 aliphatic carbocycles. The number of likely N-dealkylation sites (N-methyl/N-ethyl adjacent to an activating group) is 1. The van der Waals surface area contributed by atoms with E-state index in [2.05, 4.69) is 4.98 Å². The fraction of sp³-hybridized carbons (Fsp3) is 0.333. The van der Waals surface area contributed by atoms with Gasteiger partial charge < -0.3 is 19.3 Å². The molecular weight excluding hydrogens is 306 g/mol. The lowest BCUT2D eigenvalue weighted by Crippen LogP contribution is -2.41. The van der Waals surface area contributed by atoms with Crippen LogP contribution in [0, 0.1) is 0 Å². The van der Waals surface area contributed by atoms with Crippen molar-refractivity contribution in [2.75, 3.05) is 39.2 Å². The Hall–Kier alpha value is -2.76. The number of fused-ring (bicyclic) bond motifs is 1. The minimum Gasteiger partial charge on any atom is -0.486 e. The van der Waals surface area contributed by atoms with E-state index in [4.69, 9.17) is 9.47 Å². The summed E-state index contributed by atoms with van der Waals surface area (Å²) < 4.78 is 11.6. The number of ether oxygens (including phenoxy) is 2. The van der Waals surface area contributed by atoms with Crippen LogP contribution in [0.25, 0.3) is 0 Å². The van der Waals surface area contributed by atoms with Crippen LogP contribution < -0.4 is 14.4 Å². The molecule has 2 heterocycles. The highest BCUT2D eigenvalue weighted by molar-refractivity contribution is 5.93. The number of carbonyl (C=O) groups excluding carboxylic acids is 1. The maximum Gasteiger partial charge on any atom is 0.255 e. The normalized spacial score (nSPS) is 15.7. The zero-order chi connectivity index (χ0) is 17.1. The molecule has 2 aromatic rings. The quantitative estimate of drug-likeness (QED) is 0.860. The largest absolute Gasteiger partial charge is 0.486 e. The zero-order valence-electron chi connectivity index (χ0n) is 14.1. The van der Waals surface area contributed by atoms with E-state index in [1.165, 1.54) is 0 Å². The highest BCUT2D eigenvalue weighted by atomic mass is 16.6. The van der Waals surface area contributed by atoms with Gasteiger partial charge in [0.1, 0.15) is 12.4 Å². The molecule has 0 saturated heterocycles. The summed E-state index contributed by atoms with van der Waals surface area (Å²) >= 11 is 0. The summed E-state index contributed by atoms with van der Waals surface area (Å²) in [7, 11) is 5.58. The Morgan fingerprint density at radius 3 is 2.58 bits per heavy atom. The summed E-state index contributed by atoms with van der Waals surface area (Å²) in [5.41, 5.74) is 0.556. The molecule has 1 aliphatic rings. The first-order valence-electron chi connectivity index (χ1n) is 7.82. The smallest absolute Gasteiger partial charge is 0.255 e. The summed E-state index contributed by atoms with van der Waals surface area (Å²) in [5.74, 6) is 2.18. The third kappa shape index (κ3) is 3.42.